The Hall–Kier alpha value is -3.44. The fourth-order valence-corrected chi connectivity index (χ4v) is 4.26. The molecule has 3 aromatic rings. The number of carbonyl (C=O) groups is 1. The molecule has 2 N–H and O–H groups in total. The first-order chi connectivity index (χ1) is 15.1. The molecule has 1 fully saturated rings. The number of piperazine rings is 1. The van der Waals surface area contributed by atoms with Crippen molar-refractivity contribution in [1.82, 2.24) is 4.90 Å². The Kier molecular flexibility index (Phi) is 5.04. The number of benzene rings is 3. The van der Waals surface area contributed by atoms with Gasteiger partial charge in [0.1, 0.15) is 0 Å². The third kappa shape index (κ3) is 3.84. The van der Waals surface area contributed by atoms with Crippen LogP contribution in [-0.2, 0) is 0 Å². The van der Waals surface area contributed by atoms with Crippen LogP contribution in [0.5, 0.6) is 0 Å². The van der Waals surface area contributed by atoms with E-state index >= 15 is 0 Å². The molecule has 0 aromatic heterocycles. The van der Waals surface area contributed by atoms with Crippen LogP contribution < -0.4 is 15.5 Å². The van der Waals surface area contributed by atoms with Gasteiger partial charge in [0, 0.05) is 42.6 Å². The van der Waals surface area contributed by atoms with Crippen molar-refractivity contribution in [2.24, 2.45) is 0 Å². The lowest BCUT2D eigenvalue weighted by Crippen LogP contribution is -2.45. The fourth-order valence-electron chi connectivity index (χ4n) is 4.13. The third-order valence-corrected chi connectivity index (χ3v) is 6.15. The van der Waals surface area contributed by atoms with Crippen LogP contribution >= 0.6 is 11.6 Å². The molecule has 0 aliphatic carbocycles. The standard InChI is InChI=1S/C25H23ClN4O/c1-17(29-12-14-30(15-13-29)20-9-7-19(26)8-10-20)18-6-11-23-24(16-18)28-25(31)21-4-2-3-5-22(21)27-23/h2-11,16,27H,1,12-15H2,(H,28,31). The highest BCUT2D eigenvalue weighted by atomic mass is 35.5. The second-order valence-corrected chi connectivity index (χ2v) is 8.22. The van der Waals surface area contributed by atoms with E-state index < -0.39 is 0 Å². The molecule has 0 unspecified atom stereocenters. The Balaban J connectivity index is 1.30. The van der Waals surface area contributed by atoms with Crippen molar-refractivity contribution in [2.45, 2.75) is 0 Å². The maximum Gasteiger partial charge on any atom is 0.257 e. The number of halogens is 1. The van der Waals surface area contributed by atoms with Gasteiger partial charge in [-0.3, -0.25) is 4.79 Å². The van der Waals surface area contributed by atoms with E-state index in [0.717, 1.165) is 59.5 Å². The van der Waals surface area contributed by atoms with Gasteiger partial charge in [0.15, 0.2) is 0 Å². The minimum Gasteiger partial charge on any atom is -0.368 e. The molecule has 0 radical (unpaired) electrons. The number of amides is 1. The summed E-state index contributed by atoms with van der Waals surface area (Å²) in [6.45, 7) is 7.94. The van der Waals surface area contributed by atoms with Crippen molar-refractivity contribution in [3.8, 4) is 0 Å². The van der Waals surface area contributed by atoms with Gasteiger partial charge >= 0.3 is 0 Å². The van der Waals surface area contributed by atoms with Gasteiger partial charge in [0.05, 0.1) is 22.6 Å². The highest BCUT2D eigenvalue weighted by molar-refractivity contribution is 6.30. The predicted molar refractivity (Wildman–Crippen MR) is 128 cm³/mol. The molecule has 6 heteroatoms. The van der Waals surface area contributed by atoms with Gasteiger partial charge in [0.25, 0.3) is 5.91 Å². The third-order valence-electron chi connectivity index (χ3n) is 5.90. The smallest absolute Gasteiger partial charge is 0.257 e. The average Bonchev–Trinajstić information content (AvgIpc) is 2.94. The Morgan fingerprint density at radius 1 is 0.839 bits per heavy atom. The summed E-state index contributed by atoms with van der Waals surface area (Å²) in [6.07, 6.45) is 0. The zero-order chi connectivity index (χ0) is 21.4. The highest BCUT2D eigenvalue weighted by Crippen LogP contribution is 2.34. The van der Waals surface area contributed by atoms with Crippen LogP contribution in [0.25, 0.3) is 5.70 Å². The predicted octanol–water partition coefficient (Wildman–Crippen LogP) is 5.44. The summed E-state index contributed by atoms with van der Waals surface area (Å²) in [5.41, 5.74) is 6.25. The van der Waals surface area contributed by atoms with Gasteiger partial charge in [-0.15, -0.1) is 0 Å². The van der Waals surface area contributed by atoms with E-state index in [9.17, 15) is 4.79 Å². The Morgan fingerprint density at radius 3 is 2.35 bits per heavy atom. The minimum atomic E-state index is -0.110. The molecule has 1 amide bonds. The summed E-state index contributed by atoms with van der Waals surface area (Å²) >= 11 is 6.01. The molecule has 31 heavy (non-hydrogen) atoms. The number of nitrogens with zero attached hydrogens (tertiary/aromatic N) is 2. The normalized spacial score (nSPS) is 15.3. The molecule has 3 aromatic carbocycles. The van der Waals surface area contributed by atoms with E-state index in [0.29, 0.717) is 5.56 Å². The molecule has 2 heterocycles. The molecular weight excluding hydrogens is 408 g/mol. The number of anilines is 4. The minimum absolute atomic E-state index is 0.110. The molecule has 2 aliphatic rings. The molecule has 0 spiro atoms. The number of hydrogen-bond donors (Lipinski definition) is 2. The van der Waals surface area contributed by atoms with Crippen molar-refractivity contribution in [1.29, 1.82) is 0 Å². The maximum atomic E-state index is 12.6. The quantitative estimate of drug-likeness (QED) is 0.580. The zero-order valence-corrected chi connectivity index (χ0v) is 17.8. The molecule has 0 saturated carbocycles. The van der Waals surface area contributed by atoms with Gasteiger partial charge in [-0.05, 0) is 54.1 Å². The van der Waals surface area contributed by atoms with Gasteiger partial charge < -0.3 is 20.4 Å². The Bertz CT molecular complexity index is 1150. The van der Waals surface area contributed by atoms with Crippen LogP contribution in [-0.4, -0.2) is 37.0 Å². The van der Waals surface area contributed by atoms with E-state index in [1.54, 1.807) is 0 Å². The van der Waals surface area contributed by atoms with Crippen LogP contribution in [0.1, 0.15) is 15.9 Å². The molecule has 2 aliphatic heterocycles. The number of rotatable bonds is 3. The first kappa shape index (κ1) is 19.5. The van der Waals surface area contributed by atoms with Gasteiger partial charge in [-0.2, -0.15) is 0 Å². The topological polar surface area (TPSA) is 47.6 Å². The van der Waals surface area contributed by atoms with E-state index in [1.807, 2.05) is 48.5 Å². The average molecular weight is 431 g/mol. The number of hydrogen-bond acceptors (Lipinski definition) is 4. The summed E-state index contributed by atoms with van der Waals surface area (Å²) < 4.78 is 0. The number of carbonyl (C=O) groups excluding carboxylic acids is 1. The second-order valence-electron chi connectivity index (χ2n) is 7.78. The van der Waals surface area contributed by atoms with Crippen molar-refractivity contribution in [3.05, 3.63) is 89.5 Å². The molecule has 0 atom stereocenters. The number of fused-ring (bicyclic) bond motifs is 2. The summed E-state index contributed by atoms with van der Waals surface area (Å²) in [6, 6.07) is 21.6. The van der Waals surface area contributed by atoms with E-state index in [-0.39, 0.29) is 5.91 Å². The maximum absolute atomic E-state index is 12.6. The zero-order valence-electron chi connectivity index (χ0n) is 17.1. The van der Waals surface area contributed by atoms with Crippen molar-refractivity contribution in [2.75, 3.05) is 41.7 Å². The van der Waals surface area contributed by atoms with Crippen LogP contribution in [0.4, 0.5) is 22.7 Å². The SMILES string of the molecule is C=C(c1ccc2c(c1)NC(=O)c1ccccc1N2)N1CCN(c2ccc(Cl)cc2)CC1. The first-order valence-electron chi connectivity index (χ1n) is 10.3. The largest absolute Gasteiger partial charge is 0.368 e. The van der Waals surface area contributed by atoms with Gasteiger partial charge in [0.2, 0.25) is 0 Å². The van der Waals surface area contributed by atoms with E-state index in [1.165, 1.54) is 5.69 Å². The molecule has 0 bridgehead atoms. The lowest BCUT2D eigenvalue weighted by atomic mass is 10.1. The summed E-state index contributed by atoms with van der Waals surface area (Å²) in [5, 5.41) is 7.15. The lowest BCUT2D eigenvalue weighted by Gasteiger charge is -2.38. The molecule has 5 nitrogen and oxygen atoms in total. The summed E-state index contributed by atoms with van der Waals surface area (Å²) in [7, 11) is 0. The van der Waals surface area contributed by atoms with Crippen LogP contribution in [0.15, 0.2) is 73.3 Å². The Morgan fingerprint density at radius 2 is 1.58 bits per heavy atom. The van der Waals surface area contributed by atoms with Crippen LogP contribution in [0.3, 0.4) is 0 Å². The highest BCUT2D eigenvalue weighted by Gasteiger charge is 2.22. The van der Waals surface area contributed by atoms with Crippen LogP contribution in [0.2, 0.25) is 5.02 Å². The van der Waals surface area contributed by atoms with Crippen molar-refractivity contribution >= 4 is 46.0 Å². The lowest BCUT2D eigenvalue weighted by molar-refractivity contribution is 0.102. The fraction of sp³-hybridized carbons (Fsp3) is 0.160. The molecular formula is C25H23ClN4O. The van der Waals surface area contributed by atoms with Crippen molar-refractivity contribution in [3.63, 3.8) is 0 Å². The summed E-state index contributed by atoms with van der Waals surface area (Å²) in [4.78, 5) is 17.3. The van der Waals surface area contributed by atoms with E-state index in [4.69, 9.17) is 11.6 Å². The number of nitrogens with one attached hydrogen (secondary N) is 2. The van der Waals surface area contributed by atoms with E-state index in [2.05, 4.69) is 45.2 Å². The first-order valence-corrected chi connectivity index (χ1v) is 10.7. The molecule has 1 saturated heterocycles. The second kappa shape index (κ2) is 8.00. The monoisotopic (exact) mass is 430 g/mol. The van der Waals surface area contributed by atoms with Gasteiger partial charge in [-0.1, -0.05) is 36.4 Å². The number of para-hydroxylation sites is 1. The van der Waals surface area contributed by atoms with Crippen molar-refractivity contribution < 1.29 is 4.79 Å². The Labute approximate surface area is 186 Å². The molecule has 156 valence electrons. The van der Waals surface area contributed by atoms with Gasteiger partial charge in [-0.25, -0.2) is 0 Å². The van der Waals surface area contributed by atoms with Crippen LogP contribution in [0, 0.1) is 0 Å². The summed E-state index contributed by atoms with van der Waals surface area (Å²) in [5.74, 6) is -0.110. The molecule has 5 rings (SSSR count).